The molecule has 0 heterocycles. The Kier molecular flexibility index (Phi) is 111. The zero-order valence-corrected chi connectivity index (χ0v) is 81.7. The lowest BCUT2D eigenvalue weighted by atomic mass is 10.1. The standard InChI is InChI=1S/C15H28N2O10.2C14H28N2O3.C6H11NO4S.C6H11NO3S.3C5H10O3.2C5H10O2S/c1-22-3-5-24-7-9-26-14(20)16-11-12(13(18)19)17-15(21)27-10-8-25-6-4-23-2;2*1-3-5-7-9-11(15)13(17)16-12(14(18)19)10-8-6-4-2;1-11-6(10)7-4(3-12-2)5(8)9;1-4(8)7-5(3-11-2)6(9)10;5*1-4(3-8-2)5(6)7/h12H,3-11H2,1-2H3,(H,16,20)(H,17,21)(H,18,19);2*11-12H,3-10,15H2,1-2H3,(H,16,17)(H,18,19);4H,3H2,1-2H3,(H,7,10)(H,8,9);5H,3H2,1-2H3,(H,7,8)(H,9,10);5*4H,3H2,1-2H3,(H,6,7). The molecule has 0 aliphatic heterocycles. The maximum absolute atomic E-state index is 11.8. The van der Waals surface area contributed by atoms with E-state index in [9.17, 15) is 76.7 Å². The van der Waals surface area contributed by atoms with Crippen LogP contribution in [0.25, 0.3) is 0 Å². The minimum absolute atomic E-state index is 0.00811. The number of carboxylic acid groups (broad SMARTS) is 10. The van der Waals surface area contributed by atoms with Crippen LogP contribution in [0.1, 0.15) is 172 Å². The zero-order valence-electron chi connectivity index (χ0n) is 78.4. The summed E-state index contributed by atoms with van der Waals surface area (Å²) in [5, 5.41) is 99.5. The van der Waals surface area contributed by atoms with E-state index in [1.54, 1.807) is 70.7 Å². The highest BCUT2D eigenvalue weighted by Crippen LogP contribution is 2.10. The predicted octanol–water partition coefficient (Wildman–Crippen LogP) is 6.60. The molecule has 0 rings (SSSR count). The quantitative estimate of drug-likeness (QED) is 0.0225. The number of ether oxygens (including phenoxy) is 10. The van der Waals surface area contributed by atoms with E-state index in [0.717, 1.165) is 77.0 Å². The van der Waals surface area contributed by atoms with Crippen LogP contribution in [0, 0.1) is 29.6 Å². The number of hydrogen-bond donors (Lipinski definition) is 18. The Bertz CT molecular complexity index is 2690. The van der Waals surface area contributed by atoms with Crippen molar-refractivity contribution in [3.63, 3.8) is 0 Å². The average Bonchev–Trinajstić information content (AvgIpc) is 0.925. The summed E-state index contributed by atoms with van der Waals surface area (Å²) >= 11 is 5.84. The number of unbranched alkanes of at least 4 members (excludes halogenated alkanes) is 8. The monoisotopic (exact) mass is 1930 g/mol. The average molecular weight is 1930 g/mol. The van der Waals surface area contributed by atoms with Crippen molar-refractivity contribution in [2.75, 3.05) is 170 Å². The van der Waals surface area contributed by atoms with Crippen molar-refractivity contribution >= 4 is 143 Å². The Balaban J connectivity index is -0.000000156. The second-order valence-electron chi connectivity index (χ2n) is 27.4. The summed E-state index contributed by atoms with van der Waals surface area (Å²) in [4.78, 5) is 172. The molecular formula is C80H156N8O36S4. The van der Waals surface area contributed by atoms with E-state index in [0.29, 0.717) is 75.1 Å². The lowest BCUT2D eigenvalue weighted by molar-refractivity contribution is -0.143. The Morgan fingerprint density at radius 3 is 0.812 bits per heavy atom. The third-order valence-electron chi connectivity index (χ3n) is 15.5. The van der Waals surface area contributed by atoms with Gasteiger partial charge >= 0.3 is 78.0 Å². The second-order valence-corrected chi connectivity index (χ2v) is 31.0. The molecule has 0 aromatic carbocycles. The normalized spacial score (nSPS) is 12.8. The molecule has 12 unspecified atom stereocenters. The summed E-state index contributed by atoms with van der Waals surface area (Å²) in [5.41, 5.74) is 11.5. The van der Waals surface area contributed by atoms with E-state index in [1.165, 1.54) is 73.1 Å². The highest BCUT2D eigenvalue weighted by Gasteiger charge is 2.26. The minimum atomic E-state index is -1.38. The lowest BCUT2D eigenvalue weighted by Gasteiger charge is -2.17. The molecule has 0 saturated heterocycles. The van der Waals surface area contributed by atoms with Gasteiger partial charge in [-0.25, -0.2) is 38.4 Å². The molecule has 6 amide bonds. The molecule has 0 aliphatic carbocycles. The van der Waals surface area contributed by atoms with Crippen LogP contribution >= 0.6 is 47.0 Å². The number of carboxylic acids is 10. The first-order valence-electron chi connectivity index (χ1n) is 41.1. The number of nitrogens with one attached hydrogen (secondary N) is 6. The third kappa shape index (κ3) is 105. The smallest absolute Gasteiger partial charge is 0.407 e. The van der Waals surface area contributed by atoms with Gasteiger partial charge < -0.3 is 142 Å². The van der Waals surface area contributed by atoms with Crippen LogP contribution in [-0.2, 0) is 110 Å². The van der Waals surface area contributed by atoms with Crippen LogP contribution < -0.4 is 43.4 Å². The molecule has 756 valence electrons. The molecule has 44 nitrogen and oxygen atoms in total. The Labute approximate surface area is 771 Å². The van der Waals surface area contributed by atoms with Gasteiger partial charge in [-0.3, -0.25) is 38.4 Å². The molecule has 48 heteroatoms. The molecule has 128 heavy (non-hydrogen) atoms. The Hall–Kier alpha value is -8.04. The number of alkyl carbamates (subject to hydrolysis) is 3. The molecule has 0 fully saturated rings. The summed E-state index contributed by atoms with van der Waals surface area (Å²) in [6, 6.07) is -5.83. The van der Waals surface area contributed by atoms with Gasteiger partial charge in [0.25, 0.3) is 0 Å². The minimum Gasteiger partial charge on any atom is -0.481 e. The van der Waals surface area contributed by atoms with E-state index in [4.69, 9.17) is 91.0 Å². The molecule has 20 N–H and O–H groups in total. The first-order valence-corrected chi connectivity index (χ1v) is 46.6. The Morgan fingerprint density at radius 2 is 0.578 bits per heavy atom. The van der Waals surface area contributed by atoms with Crippen LogP contribution in [0.2, 0.25) is 0 Å². The van der Waals surface area contributed by atoms with Crippen molar-refractivity contribution < 1.29 is 175 Å². The van der Waals surface area contributed by atoms with Crippen molar-refractivity contribution in [3.05, 3.63) is 0 Å². The first kappa shape index (κ1) is 140. The third-order valence-corrected chi connectivity index (χ3v) is 18.5. The van der Waals surface area contributed by atoms with Gasteiger partial charge in [-0.1, -0.05) is 119 Å². The summed E-state index contributed by atoms with van der Waals surface area (Å²) in [6.45, 7) is 20.1. The van der Waals surface area contributed by atoms with Gasteiger partial charge in [0.05, 0.1) is 115 Å². The molecule has 0 spiro atoms. The van der Waals surface area contributed by atoms with E-state index in [1.807, 2.05) is 12.5 Å². The first-order chi connectivity index (χ1) is 60.1. The van der Waals surface area contributed by atoms with Crippen LogP contribution in [0.15, 0.2) is 0 Å². The van der Waals surface area contributed by atoms with Crippen molar-refractivity contribution in [2.45, 2.75) is 214 Å². The zero-order chi connectivity index (χ0) is 101. The van der Waals surface area contributed by atoms with Crippen LogP contribution in [-0.4, -0.2) is 359 Å². The van der Waals surface area contributed by atoms with Gasteiger partial charge in [0.2, 0.25) is 17.7 Å². The van der Waals surface area contributed by atoms with Crippen molar-refractivity contribution in [2.24, 2.45) is 41.1 Å². The van der Waals surface area contributed by atoms with Crippen LogP contribution in [0.4, 0.5) is 14.4 Å². The van der Waals surface area contributed by atoms with Gasteiger partial charge in [-0.2, -0.15) is 47.0 Å². The van der Waals surface area contributed by atoms with Crippen LogP contribution in [0.5, 0.6) is 0 Å². The number of nitrogens with two attached hydrogens (primary N) is 2. The fourth-order valence-corrected chi connectivity index (χ4v) is 10.4. The number of carbonyl (C=O) groups is 16. The van der Waals surface area contributed by atoms with E-state index in [-0.39, 0.29) is 100 Å². The van der Waals surface area contributed by atoms with Gasteiger partial charge in [0.15, 0.2) is 0 Å². The fourth-order valence-electron chi connectivity index (χ4n) is 7.99. The number of hydrogen-bond acceptors (Lipinski definition) is 32. The molecule has 0 aromatic rings. The van der Waals surface area contributed by atoms with Gasteiger partial charge in [0.1, 0.15) is 43.4 Å². The van der Waals surface area contributed by atoms with E-state index < -0.39 is 120 Å². The molecule has 0 saturated carbocycles. The number of amides is 6. The summed E-state index contributed by atoms with van der Waals surface area (Å²) in [6.07, 6.45) is 18.6. The van der Waals surface area contributed by atoms with E-state index >= 15 is 0 Å². The van der Waals surface area contributed by atoms with Gasteiger partial charge in [-0.05, 0) is 71.5 Å². The molecule has 0 radical (unpaired) electrons. The number of aliphatic carboxylic acids is 10. The molecule has 12 atom stereocenters. The molecule has 0 aromatic heterocycles. The molecule has 0 bridgehead atoms. The maximum Gasteiger partial charge on any atom is 0.407 e. The number of rotatable bonds is 61. The van der Waals surface area contributed by atoms with Gasteiger partial charge in [0, 0.05) is 65.5 Å². The highest BCUT2D eigenvalue weighted by molar-refractivity contribution is 7.99. The molecule has 0 aliphatic rings. The summed E-state index contributed by atoms with van der Waals surface area (Å²) in [5.74, 6) is -9.67. The lowest BCUT2D eigenvalue weighted by Crippen LogP contribution is -2.48. The van der Waals surface area contributed by atoms with Crippen molar-refractivity contribution in [3.8, 4) is 0 Å². The number of thioether (sulfide) groups is 4. The molecular weight excluding hydrogens is 1780 g/mol. The summed E-state index contributed by atoms with van der Waals surface area (Å²) in [7, 11) is 8.71. The largest absolute Gasteiger partial charge is 0.481 e. The number of carbonyl (C=O) groups excluding carboxylic acids is 6. The fraction of sp³-hybridized carbons (Fsp3) is 0.800. The van der Waals surface area contributed by atoms with E-state index in [2.05, 4.69) is 78.5 Å². The SMILES string of the molecule is CCCCCC(N)C(=O)NC(CCCCC)C(=O)O.CCCCCC(N)C(=O)NC(CCCCC)C(=O)O.COC(=O)NC(CSC)C(=O)O.COCC(C)C(=O)O.COCC(C)C(=O)O.COCC(C)C(=O)O.COCCOCCOC(=O)NCC(NC(=O)OCCOCCOC)C(=O)O.CSCC(C)C(=O)O.CSCC(C)C(=O)O.CSCC(NC(C)=O)C(=O)O. The maximum atomic E-state index is 11.8. The second kappa shape index (κ2) is 101. The summed E-state index contributed by atoms with van der Waals surface area (Å²) < 4.78 is 47.3. The number of methoxy groups -OCH3 is 6. The van der Waals surface area contributed by atoms with Gasteiger partial charge in [-0.15, -0.1) is 0 Å². The van der Waals surface area contributed by atoms with Crippen molar-refractivity contribution in [1.82, 2.24) is 31.9 Å². The van der Waals surface area contributed by atoms with Crippen molar-refractivity contribution in [1.29, 1.82) is 0 Å². The Morgan fingerprint density at radius 1 is 0.305 bits per heavy atom. The topological polar surface area (TPSA) is 692 Å². The predicted molar refractivity (Wildman–Crippen MR) is 488 cm³/mol. The van der Waals surface area contributed by atoms with Crippen LogP contribution in [0.3, 0.4) is 0 Å². The highest BCUT2D eigenvalue weighted by atomic mass is 32.2.